The van der Waals surface area contributed by atoms with Crippen molar-refractivity contribution in [1.29, 1.82) is 0 Å². The second kappa shape index (κ2) is 6.37. The van der Waals surface area contributed by atoms with Crippen LogP contribution >= 0.6 is 11.3 Å². The number of hydrogen-bond donors (Lipinski definition) is 3. The van der Waals surface area contributed by atoms with E-state index in [1.165, 1.54) is 6.20 Å². The van der Waals surface area contributed by atoms with Crippen LogP contribution in [0.4, 0.5) is 10.1 Å². The summed E-state index contributed by atoms with van der Waals surface area (Å²) < 4.78 is 1.85. The van der Waals surface area contributed by atoms with Gasteiger partial charge in [-0.2, -0.15) is 0 Å². The molecule has 0 spiro atoms. The normalized spacial score (nSPS) is 10.4. The molecule has 3 aromatic rings. The predicted octanol–water partition coefficient (Wildman–Crippen LogP) is 2.44. The maximum atomic E-state index is 12.3. The van der Waals surface area contributed by atoms with Gasteiger partial charge in [-0.15, -0.1) is 0 Å². The Morgan fingerprint density at radius 3 is 2.86 bits per heavy atom. The third kappa shape index (κ3) is 3.13. The van der Waals surface area contributed by atoms with E-state index in [0.717, 1.165) is 16.9 Å². The van der Waals surface area contributed by atoms with Gasteiger partial charge in [0.15, 0.2) is 5.13 Å². The summed E-state index contributed by atoms with van der Waals surface area (Å²) in [7, 11) is 0. The fourth-order valence-corrected chi connectivity index (χ4v) is 2.60. The quantitative estimate of drug-likeness (QED) is 0.629. The summed E-state index contributed by atoms with van der Waals surface area (Å²) in [6.07, 6.45) is 6.73. The zero-order chi connectivity index (χ0) is 15.4. The van der Waals surface area contributed by atoms with Gasteiger partial charge in [0.25, 0.3) is 5.91 Å². The van der Waals surface area contributed by atoms with Crippen LogP contribution in [0.3, 0.4) is 0 Å². The zero-order valence-corrected chi connectivity index (χ0v) is 12.2. The second-order valence-electron chi connectivity index (χ2n) is 4.47. The van der Waals surface area contributed by atoms with Crippen molar-refractivity contribution in [2.24, 2.45) is 0 Å². The molecule has 3 rings (SSSR count). The molecule has 0 aliphatic carbocycles. The number of thiazole rings is 1. The monoisotopic (exact) mass is 315 g/mol. The molecule has 3 N–H and O–H groups in total. The Bertz CT molecular complexity index is 768. The molecule has 0 bridgehead atoms. The number of rotatable bonds is 5. The molecule has 0 aromatic carbocycles. The van der Waals surface area contributed by atoms with E-state index < -0.39 is 0 Å². The summed E-state index contributed by atoms with van der Waals surface area (Å²) in [5, 5.41) is 12.4. The predicted molar refractivity (Wildman–Crippen MR) is 83.2 cm³/mol. The summed E-state index contributed by atoms with van der Waals surface area (Å²) in [6.45, 7) is 0.583. The molecule has 0 aliphatic heterocycles. The van der Waals surface area contributed by atoms with E-state index in [0.29, 0.717) is 22.4 Å². The molecule has 1 amide bonds. The van der Waals surface area contributed by atoms with Crippen molar-refractivity contribution in [3.63, 3.8) is 0 Å². The maximum absolute atomic E-state index is 12.3. The van der Waals surface area contributed by atoms with E-state index in [1.54, 1.807) is 18.5 Å². The number of anilines is 2. The zero-order valence-electron chi connectivity index (χ0n) is 11.4. The van der Waals surface area contributed by atoms with Gasteiger partial charge in [0.1, 0.15) is 10.7 Å². The summed E-state index contributed by atoms with van der Waals surface area (Å²) in [4.78, 5) is 20.3. The lowest BCUT2D eigenvalue weighted by Crippen LogP contribution is -2.17. The smallest absolute Gasteiger partial charge is 0.274 e. The lowest BCUT2D eigenvalue weighted by Gasteiger charge is -2.08. The van der Waals surface area contributed by atoms with Crippen molar-refractivity contribution in [2.75, 3.05) is 10.8 Å². The summed E-state index contributed by atoms with van der Waals surface area (Å²) in [5.41, 5.74) is 3.58. The molecular formula is C14H13N5O2S. The standard InChI is InChI=1S/C14H13N5O2S/c20-13(17-14-16-8-12(18-21)22-14)11-2-1-7-19(11)9-10-3-5-15-6-4-10/h1-8,18,21H,9H2,(H,16,17,20). The molecule has 0 aliphatic rings. The Kier molecular flexibility index (Phi) is 4.12. The SMILES string of the molecule is O=C(Nc1ncc(NO)s1)c1cccn1Cc1ccncc1. The highest BCUT2D eigenvalue weighted by Crippen LogP contribution is 2.22. The van der Waals surface area contributed by atoms with Crippen molar-refractivity contribution in [3.8, 4) is 0 Å². The van der Waals surface area contributed by atoms with Crippen LogP contribution in [0.2, 0.25) is 0 Å². The molecule has 8 heteroatoms. The van der Waals surface area contributed by atoms with Gasteiger partial charge < -0.3 is 4.57 Å². The number of carbonyl (C=O) groups excluding carboxylic acids is 1. The topological polar surface area (TPSA) is 92.1 Å². The third-order valence-corrected chi connectivity index (χ3v) is 3.82. The Balaban J connectivity index is 1.74. The highest BCUT2D eigenvalue weighted by molar-refractivity contribution is 7.19. The summed E-state index contributed by atoms with van der Waals surface area (Å²) in [6, 6.07) is 7.37. The van der Waals surface area contributed by atoms with Crippen LogP contribution in [0.25, 0.3) is 0 Å². The molecule has 0 atom stereocenters. The van der Waals surface area contributed by atoms with Gasteiger partial charge in [0.2, 0.25) is 0 Å². The molecular weight excluding hydrogens is 302 g/mol. The first kappa shape index (κ1) is 14.2. The van der Waals surface area contributed by atoms with Crippen LogP contribution < -0.4 is 10.8 Å². The molecule has 112 valence electrons. The number of carbonyl (C=O) groups is 1. The van der Waals surface area contributed by atoms with E-state index in [-0.39, 0.29) is 5.91 Å². The van der Waals surface area contributed by atoms with Crippen LogP contribution in [0.5, 0.6) is 0 Å². The van der Waals surface area contributed by atoms with Gasteiger partial charge in [0.05, 0.1) is 6.20 Å². The van der Waals surface area contributed by atoms with Crippen LogP contribution in [-0.2, 0) is 6.54 Å². The Labute approximate surface area is 130 Å². The van der Waals surface area contributed by atoms with Crippen molar-refractivity contribution >= 4 is 27.4 Å². The lowest BCUT2D eigenvalue weighted by atomic mass is 10.2. The molecule has 0 fully saturated rings. The Morgan fingerprint density at radius 1 is 1.32 bits per heavy atom. The minimum atomic E-state index is -0.252. The molecule has 7 nitrogen and oxygen atoms in total. The lowest BCUT2D eigenvalue weighted by molar-refractivity contribution is 0.101. The number of pyridine rings is 1. The first-order valence-corrected chi connectivity index (χ1v) is 7.29. The average Bonchev–Trinajstić information content (AvgIpc) is 3.17. The van der Waals surface area contributed by atoms with Gasteiger partial charge in [0, 0.05) is 25.1 Å². The number of nitrogens with one attached hydrogen (secondary N) is 2. The van der Waals surface area contributed by atoms with Crippen LogP contribution in [-0.4, -0.2) is 25.6 Å². The minimum Gasteiger partial charge on any atom is -0.339 e. The fourth-order valence-electron chi connectivity index (χ4n) is 1.99. The van der Waals surface area contributed by atoms with E-state index >= 15 is 0 Å². The van der Waals surface area contributed by atoms with Crippen molar-refractivity contribution in [3.05, 3.63) is 60.3 Å². The number of nitrogens with zero attached hydrogens (tertiary/aromatic N) is 3. The van der Waals surface area contributed by atoms with Gasteiger partial charge in [-0.05, 0) is 29.8 Å². The van der Waals surface area contributed by atoms with Gasteiger partial charge >= 0.3 is 0 Å². The highest BCUT2D eigenvalue weighted by Gasteiger charge is 2.13. The molecule has 22 heavy (non-hydrogen) atoms. The molecule has 0 unspecified atom stereocenters. The number of hydrogen-bond acceptors (Lipinski definition) is 6. The van der Waals surface area contributed by atoms with Crippen molar-refractivity contribution in [2.45, 2.75) is 6.54 Å². The Morgan fingerprint density at radius 2 is 2.14 bits per heavy atom. The van der Waals surface area contributed by atoms with Gasteiger partial charge in [-0.3, -0.25) is 25.8 Å². The number of aromatic nitrogens is 3. The van der Waals surface area contributed by atoms with Crippen LogP contribution in [0, 0.1) is 0 Å². The third-order valence-electron chi connectivity index (χ3n) is 3.00. The molecule has 0 saturated carbocycles. The minimum absolute atomic E-state index is 0.252. The molecule has 3 heterocycles. The Hall–Kier alpha value is -2.71. The average molecular weight is 315 g/mol. The highest BCUT2D eigenvalue weighted by atomic mass is 32.1. The maximum Gasteiger partial charge on any atom is 0.274 e. The first-order valence-electron chi connectivity index (χ1n) is 6.47. The van der Waals surface area contributed by atoms with Gasteiger partial charge in [-0.25, -0.2) is 4.98 Å². The van der Waals surface area contributed by atoms with Crippen LogP contribution in [0.1, 0.15) is 16.1 Å². The summed E-state index contributed by atoms with van der Waals surface area (Å²) >= 11 is 1.15. The van der Waals surface area contributed by atoms with Crippen molar-refractivity contribution < 1.29 is 10.0 Å². The van der Waals surface area contributed by atoms with Crippen LogP contribution in [0.15, 0.2) is 49.1 Å². The largest absolute Gasteiger partial charge is 0.339 e. The second-order valence-corrected chi connectivity index (χ2v) is 5.50. The number of amides is 1. The van der Waals surface area contributed by atoms with E-state index in [2.05, 4.69) is 15.3 Å². The fraction of sp³-hybridized carbons (Fsp3) is 0.0714. The van der Waals surface area contributed by atoms with E-state index in [1.807, 2.05) is 34.4 Å². The molecule has 0 saturated heterocycles. The molecule has 0 radical (unpaired) electrons. The van der Waals surface area contributed by atoms with Gasteiger partial charge in [-0.1, -0.05) is 11.3 Å². The first-order chi connectivity index (χ1) is 10.8. The molecule has 3 aromatic heterocycles. The summed E-state index contributed by atoms with van der Waals surface area (Å²) in [5.74, 6) is -0.252. The van der Waals surface area contributed by atoms with Crippen molar-refractivity contribution in [1.82, 2.24) is 14.5 Å². The van der Waals surface area contributed by atoms with E-state index in [4.69, 9.17) is 5.21 Å². The van der Waals surface area contributed by atoms with E-state index in [9.17, 15) is 4.79 Å².